The quantitative estimate of drug-likeness (QED) is 0.760. The van der Waals surface area contributed by atoms with Crippen LogP contribution in [0.15, 0.2) is 47.4 Å². The molecule has 1 aromatic carbocycles. The van der Waals surface area contributed by atoms with E-state index >= 15 is 0 Å². The average molecular weight is 352 g/mol. The molecule has 3 heterocycles. The fraction of sp³-hybridized carbons (Fsp3) is 0.300. The van der Waals surface area contributed by atoms with Crippen LogP contribution in [0.25, 0.3) is 10.2 Å². The summed E-state index contributed by atoms with van der Waals surface area (Å²) in [6.45, 7) is 3.35. The van der Waals surface area contributed by atoms with Gasteiger partial charge >= 0.3 is 0 Å². The molecule has 0 atom stereocenters. The molecule has 2 aromatic heterocycles. The van der Waals surface area contributed by atoms with Crippen LogP contribution in [0.4, 0.5) is 0 Å². The summed E-state index contributed by atoms with van der Waals surface area (Å²) in [5.41, 5.74) is 1.43. The number of aryl methyl sites for hydroxylation is 1. The number of carbonyl (C=O) groups excluding carboxylic acids is 1. The first-order valence-electron chi connectivity index (χ1n) is 8.59. The maximum Gasteiger partial charge on any atom is 0.259 e. The van der Waals surface area contributed by atoms with Gasteiger partial charge in [0.2, 0.25) is 5.43 Å². The minimum atomic E-state index is -0.159. The van der Waals surface area contributed by atoms with E-state index in [0.29, 0.717) is 24.4 Å². The highest BCUT2D eigenvalue weighted by Crippen LogP contribution is 2.28. The highest BCUT2D eigenvalue weighted by atomic mass is 32.1. The van der Waals surface area contributed by atoms with E-state index in [1.807, 2.05) is 24.0 Å². The number of rotatable bonds is 2. The van der Waals surface area contributed by atoms with Gasteiger partial charge in [0, 0.05) is 24.2 Å². The molecule has 0 unspecified atom stereocenters. The van der Waals surface area contributed by atoms with Gasteiger partial charge in [-0.3, -0.25) is 9.59 Å². The fourth-order valence-electron chi connectivity index (χ4n) is 3.61. The van der Waals surface area contributed by atoms with Crippen molar-refractivity contribution >= 4 is 27.5 Å². The summed E-state index contributed by atoms with van der Waals surface area (Å²) < 4.78 is 0. The second-order valence-corrected chi connectivity index (χ2v) is 7.86. The van der Waals surface area contributed by atoms with Crippen molar-refractivity contribution in [3.8, 4) is 0 Å². The number of nitrogens with one attached hydrogen (secondary N) is 1. The van der Waals surface area contributed by atoms with Gasteiger partial charge in [-0.2, -0.15) is 0 Å². The van der Waals surface area contributed by atoms with Crippen molar-refractivity contribution in [2.45, 2.75) is 25.7 Å². The molecule has 1 saturated heterocycles. The number of thiophene rings is 1. The van der Waals surface area contributed by atoms with Gasteiger partial charge in [0.05, 0.1) is 5.39 Å². The number of H-pyrrole nitrogens is 1. The van der Waals surface area contributed by atoms with E-state index in [0.717, 1.165) is 22.5 Å². The van der Waals surface area contributed by atoms with E-state index in [1.54, 1.807) is 6.20 Å². The van der Waals surface area contributed by atoms with Crippen LogP contribution >= 0.6 is 11.3 Å². The van der Waals surface area contributed by atoms with Gasteiger partial charge in [0.1, 0.15) is 10.4 Å². The Labute approximate surface area is 150 Å². The summed E-state index contributed by atoms with van der Waals surface area (Å²) >= 11 is 1.54. The molecule has 4 nitrogen and oxygen atoms in total. The van der Waals surface area contributed by atoms with Crippen molar-refractivity contribution in [3.63, 3.8) is 0 Å². The molecule has 1 fully saturated rings. The minimum absolute atomic E-state index is 0.154. The lowest BCUT2D eigenvalue weighted by atomic mass is 9.89. The Kier molecular flexibility index (Phi) is 4.17. The van der Waals surface area contributed by atoms with Crippen LogP contribution in [-0.4, -0.2) is 28.9 Å². The van der Waals surface area contributed by atoms with Crippen molar-refractivity contribution in [3.05, 3.63) is 68.8 Å². The number of aromatic amines is 1. The second kappa shape index (κ2) is 6.48. The number of fused-ring (bicyclic) bond motifs is 1. The first-order valence-corrected chi connectivity index (χ1v) is 9.41. The van der Waals surface area contributed by atoms with E-state index in [4.69, 9.17) is 0 Å². The van der Waals surface area contributed by atoms with E-state index in [2.05, 4.69) is 29.2 Å². The van der Waals surface area contributed by atoms with Crippen LogP contribution in [0.3, 0.4) is 0 Å². The van der Waals surface area contributed by atoms with Gasteiger partial charge in [0.25, 0.3) is 5.91 Å². The smallest absolute Gasteiger partial charge is 0.259 e. The number of likely N-dealkylation sites (tertiary alicyclic amines) is 1. The van der Waals surface area contributed by atoms with Crippen LogP contribution in [0, 0.1) is 6.92 Å². The summed E-state index contributed by atoms with van der Waals surface area (Å²) in [6.07, 6.45) is 3.45. The molecule has 25 heavy (non-hydrogen) atoms. The zero-order valence-electron chi connectivity index (χ0n) is 14.1. The molecule has 1 aliphatic rings. The summed E-state index contributed by atoms with van der Waals surface area (Å²) in [4.78, 5) is 32.3. The third-order valence-electron chi connectivity index (χ3n) is 4.98. The Morgan fingerprint density at radius 1 is 1.20 bits per heavy atom. The molecule has 1 N–H and O–H groups in total. The number of nitrogens with zero attached hydrogens (tertiary/aromatic N) is 1. The van der Waals surface area contributed by atoms with Gasteiger partial charge in [0.15, 0.2) is 0 Å². The molecule has 5 heteroatoms. The van der Waals surface area contributed by atoms with Crippen LogP contribution < -0.4 is 5.43 Å². The molecule has 4 rings (SSSR count). The second-order valence-electron chi connectivity index (χ2n) is 6.61. The highest BCUT2D eigenvalue weighted by Gasteiger charge is 2.26. The molecular formula is C20H20N2O2S. The number of hydrogen-bond acceptors (Lipinski definition) is 3. The number of carbonyl (C=O) groups is 1. The third kappa shape index (κ3) is 3.00. The molecule has 1 aliphatic heterocycles. The van der Waals surface area contributed by atoms with Crippen molar-refractivity contribution in [1.29, 1.82) is 0 Å². The van der Waals surface area contributed by atoms with Crippen LogP contribution in [0.2, 0.25) is 0 Å². The predicted molar refractivity (Wildman–Crippen MR) is 102 cm³/mol. The van der Waals surface area contributed by atoms with Gasteiger partial charge < -0.3 is 9.88 Å². The number of benzene rings is 1. The molecule has 0 spiro atoms. The summed E-state index contributed by atoms with van der Waals surface area (Å²) in [5, 5.41) is 0.618. The van der Waals surface area contributed by atoms with Gasteiger partial charge in [-0.1, -0.05) is 30.3 Å². The maximum atomic E-state index is 12.8. The number of pyridine rings is 1. The molecule has 0 radical (unpaired) electrons. The molecule has 0 aliphatic carbocycles. The lowest BCUT2D eigenvalue weighted by molar-refractivity contribution is 0.0711. The van der Waals surface area contributed by atoms with Crippen molar-refractivity contribution in [2.24, 2.45) is 0 Å². The molecule has 0 bridgehead atoms. The fourth-order valence-corrected chi connectivity index (χ4v) is 4.49. The number of amides is 1. The SMILES string of the molecule is Cc1cc2c(=O)c(C(=O)N3CCC(c4ccccc4)CC3)c[nH]c2s1. The standard InChI is InChI=1S/C20H20N2O2S/c1-13-11-16-18(23)17(12-21-19(16)25-13)20(24)22-9-7-15(8-10-22)14-5-3-2-4-6-14/h2-6,11-12,15H,7-10H2,1H3,(H,21,23). The lowest BCUT2D eigenvalue weighted by Crippen LogP contribution is -2.39. The maximum absolute atomic E-state index is 12.8. The van der Waals surface area contributed by atoms with Gasteiger partial charge in [-0.15, -0.1) is 11.3 Å². The van der Waals surface area contributed by atoms with Crippen molar-refractivity contribution in [1.82, 2.24) is 9.88 Å². The van der Waals surface area contributed by atoms with Crippen molar-refractivity contribution < 1.29 is 4.79 Å². The van der Waals surface area contributed by atoms with Crippen LogP contribution in [-0.2, 0) is 0 Å². The Morgan fingerprint density at radius 3 is 2.64 bits per heavy atom. The first kappa shape index (κ1) is 16.1. The minimum Gasteiger partial charge on any atom is -0.352 e. The van der Waals surface area contributed by atoms with E-state index < -0.39 is 0 Å². The van der Waals surface area contributed by atoms with Crippen molar-refractivity contribution in [2.75, 3.05) is 13.1 Å². The van der Waals surface area contributed by atoms with Crippen LogP contribution in [0.1, 0.15) is 39.6 Å². The largest absolute Gasteiger partial charge is 0.352 e. The zero-order chi connectivity index (χ0) is 17.4. The summed E-state index contributed by atoms with van der Waals surface area (Å²) in [7, 11) is 0. The Bertz CT molecular complexity index is 966. The number of hydrogen-bond donors (Lipinski definition) is 1. The summed E-state index contributed by atoms with van der Waals surface area (Å²) in [6, 6.07) is 12.3. The van der Waals surface area contributed by atoms with Gasteiger partial charge in [-0.25, -0.2) is 0 Å². The van der Waals surface area contributed by atoms with E-state index in [1.165, 1.54) is 16.9 Å². The molecule has 128 valence electrons. The molecular weight excluding hydrogens is 332 g/mol. The predicted octanol–water partition coefficient (Wildman–Crippen LogP) is 3.92. The van der Waals surface area contributed by atoms with E-state index in [9.17, 15) is 9.59 Å². The molecule has 3 aromatic rings. The first-order chi connectivity index (χ1) is 12.1. The topological polar surface area (TPSA) is 53.2 Å². The highest BCUT2D eigenvalue weighted by molar-refractivity contribution is 7.18. The molecule has 0 saturated carbocycles. The lowest BCUT2D eigenvalue weighted by Gasteiger charge is -2.32. The average Bonchev–Trinajstić information content (AvgIpc) is 3.04. The normalized spacial score (nSPS) is 15.6. The monoisotopic (exact) mass is 352 g/mol. The Morgan fingerprint density at radius 2 is 1.92 bits per heavy atom. The number of piperidine rings is 1. The van der Waals surface area contributed by atoms with E-state index in [-0.39, 0.29) is 16.9 Å². The van der Waals surface area contributed by atoms with Gasteiger partial charge in [-0.05, 0) is 37.3 Å². The zero-order valence-corrected chi connectivity index (χ0v) is 14.9. The summed E-state index contributed by atoms with van der Waals surface area (Å²) in [5.74, 6) is 0.337. The Balaban J connectivity index is 1.53. The third-order valence-corrected chi connectivity index (χ3v) is 5.96. The Hall–Kier alpha value is -2.40. The number of aromatic nitrogens is 1. The molecule has 1 amide bonds. The van der Waals surface area contributed by atoms with Crippen LogP contribution in [0.5, 0.6) is 0 Å².